The Morgan fingerprint density at radius 2 is 2.00 bits per heavy atom. The lowest BCUT2D eigenvalue weighted by molar-refractivity contribution is 0.0791. The molecule has 0 spiro atoms. The zero-order chi connectivity index (χ0) is 19.0. The molecular weight excluding hydrogens is 344 g/mol. The Labute approximate surface area is 157 Å². The molecule has 140 valence electrons. The van der Waals surface area contributed by atoms with Gasteiger partial charge in [0.15, 0.2) is 0 Å². The SMILES string of the molecule is COc1ccc(OC)c([C@@H]2CCN(C(=O)c3ccc4c(c3)nnn4C)C2)c1. The minimum atomic E-state index is 0.0203. The summed E-state index contributed by atoms with van der Waals surface area (Å²) in [6, 6.07) is 11.3. The van der Waals surface area contributed by atoms with E-state index in [2.05, 4.69) is 10.3 Å². The number of nitrogens with zero attached hydrogens (tertiary/aromatic N) is 4. The molecular formula is C20H22N4O3. The van der Waals surface area contributed by atoms with Crippen LogP contribution in [0.3, 0.4) is 0 Å². The zero-order valence-corrected chi connectivity index (χ0v) is 15.7. The molecule has 0 radical (unpaired) electrons. The topological polar surface area (TPSA) is 69.5 Å². The van der Waals surface area contributed by atoms with Crippen molar-refractivity contribution in [3.63, 3.8) is 0 Å². The van der Waals surface area contributed by atoms with E-state index < -0.39 is 0 Å². The van der Waals surface area contributed by atoms with Gasteiger partial charge in [0.2, 0.25) is 0 Å². The molecule has 7 heteroatoms. The first-order chi connectivity index (χ1) is 13.1. The van der Waals surface area contributed by atoms with Gasteiger partial charge in [-0.3, -0.25) is 4.79 Å². The number of likely N-dealkylation sites (tertiary alicyclic amines) is 1. The number of hydrogen-bond donors (Lipinski definition) is 0. The average Bonchev–Trinajstić information content (AvgIpc) is 3.34. The summed E-state index contributed by atoms with van der Waals surface area (Å²) in [7, 11) is 5.15. The van der Waals surface area contributed by atoms with Crippen LogP contribution < -0.4 is 9.47 Å². The molecule has 0 bridgehead atoms. The maximum absolute atomic E-state index is 13.0. The number of amides is 1. The van der Waals surface area contributed by atoms with Gasteiger partial charge >= 0.3 is 0 Å². The fourth-order valence-corrected chi connectivity index (χ4v) is 3.71. The lowest BCUT2D eigenvalue weighted by Crippen LogP contribution is -2.28. The molecule has 1 aliphatic rings. The van der Waals surface area contributed by atoms with Crippen LogP contribution in [-0.2, 0) is 7.05 Å². The van der Waals surface area contributed by atoms with Crippen molar-refractivity contribution in [1.29, 1.82) is 0 Å². The molecule has 1 saturated heterocycles. The van der Waals surface area contributed by atoms with Crippen LogP contribution in [0.15, 0.2) is 36.4 Å². The number of fused-ring (bicyclic) bond motifs is 1. The molecule has 1 aliphatic heterocycles. The minimum Gasteiger partial charge on any atom is -0.497 e. The molecule has 4 rings (SSSR count). The lowest BCUT2D eigenvalue weighted by atomic mass is 9.97. The van der Waals surface area contributed by atoms with Crippen molar-refractivity contribution in [3.05, 3.63) is 47.5 Å². The van der Waals surface area contributed by atoms with Gasteiger partial charge in [-0.2, -0.15) is 0 Å². The maximum Gasteiger partial charge on any atom is 0.253 e. The van der Waals surface area contributed by atoms with E-state index in [-0.39, 0.29) is 11.8 Å². The number of aromatic nitrogens is 3. The first-order valence-corrected chi connectivity index (χ1v) is 8.91. The highest BCUT2D eigenvalue weighted by molar-refractivity contribution is 5.97. The van der Waals surface area contributed by atoms with E-state index in [1.807, 2.05) is 48.3 Å². The standard InChI is InChI=1S/C20H22N4O3/c1-23-18-6-4-13(10-17(18)21-22-23)20(25)24-9-8-14(12-24)16-11-15(26-2)5-7-19(16)27-3/h4-7,10-11,14H,8-9,12H2,1-3H3/t14-/m1/s1. The van der Waals surface area contributed by atoms with Gasteiger partial charge in [-0.1, -0.05) is 5.21 Å². The Hall–Kier alpha value is -3.09. The highest BCUT2D eigenvalue weighted by Crippen LogP contribution is 2.36. The third-order valence-corrected chi connectivity index (χ3v) is 5.21. The Bertz CT molecular complexity index is 998. The molecule has 1 atom stereocenters. The summed E-state index contributed by atoms with van der Waals surface area (Å²) in [5.41, 5.74) is 3.36. The first-order valence-electron chi connectivity index (χ1n) is 8.91. The van der Waals surface area contributed by atoms with Gasteiger partial charge in [0.25, 0.3) is 5.91 Å². The fraction of sp³-hybridized carbons (Fsp3) is 0.350. The van der Waals surface area contributed by atoms with Gasteiger partial charge in [-0.25, -0.2) is 4.68 Å². The number of rotatable bonds is 4. The molecule has 2 aromatic carbocycles. The number of carbonyl (C=O) groups excluding carboxylic acids is 1. The van der Waals surface area contributed by atoms with E-state index in [0.29, 0.717) is 18.7 Å². The smallest absolute Gasteiger partial charge is 0.253 e. The second-order valence-corrected chi connectivity index (χ2v) is 6.76. The first kappa shape index (κ1) is 17.3. The van der Waals surface area contributed by atoms with Gasteiger partial charge in [0, 0.05) is 37.2 Å². The quantitative estimate of drug-likeness (QED) is 0.710. The van der Waals surface area contributed by atoms with Crippen molar-refractivity contribution in [2.75, 3.05) is 27.3 Å². The fourth-order valence-electron chi connectivity index (χ4n) is 3.71. The van der Waals surface area contributed by atoms with Gasteiger partial charge in [0.05, 0.1) is 19.7 Å². The molecule has 0 saturated carbocycles. The average molecular weight is 366 g/mol. The Morgan fingerprint density at radius 1 is 1.15 bits per heavy atom. The predicted octanol–water partition coefficient (Wildman–Crippen LogP) is 2.62. The van der Waals surface area contributed by atoms with Gasteiger partial charge in [-0.05, 0) is 42.8 Å². The van der Waals surface area contributed by atoms with E-state index in [1.165, 1.54) is 0 Å². The number of benzene rings is 2. The highest BCUT2D eigenvalue weighted by atomic mass is 16.5. The Morgan fingerprint density at radius 3 is 2.78 bits per heavy atom. The summed E-state index contributed by atoms with van der Waals surface area (Å²) in [5, 5.41) is 8.10. The van der Waals surface area contributed by atoms with Crippen LogP contribution in [0, 0.1) is 0 Å². The second-order valence-electron chi connectivity index (χ2n) is 6.76. The number of hydrogen-bond acceptors (Lipinski definition) is 5. The van der Waals surface area contributed by atoms with Crippen molar-refractivity contribution in [2.45, 2.75) is 12.3 Å². The Balaban J connectivity index is 1.56. The lowest BCUT2D eigenvalue weighted by Gasteiger charge is -2.18. The molecule has 27 heavy (non-hydrogen) atoms. The molecule has 3 aromatic rings. The van der Waals surface area contributed by atoms with Gasteiger partial charge in [-0.15, -0.1) is 5.10 Å². The number of methoxy groups -OCH3 is 2. The summed E-state index contributed by atoms with van der Waals surface area (Å²) < 4.78 is 12.6. The van der Waals surface area contributed by atoms with E-state index in [0.717, 1.165) is 34.5 Å². The third kappa shape index (κ3) is 3.09. The monoisotopic (exact) mass is 366 g/mol. The largest absolute Gasteiger partial charge is 0.497 e. The van der Waals surface area contributed by atoms with Crippen LogP contribution in [0.2, 0.25) is 0 Å². The van der Waals surface area contributed by atoms with Crippen LogP contribution >= 0.6 is 0 Å². The van der Waals surface area contributed by atoms with Crippen LogP contribution in [0.25, 0.3) is 11.0 Å². The molecule has 1 aromatic heterocycles. The van der Waals surface area contributed by atoms with Gasteiger partial charge in [0.1, 0.15) is 17.0 Å². The normalized spacial score (nSPS) is 16.7. The van der Waals surface area contributed by atoms with Crippen LogP contribution in [-0.4, -0.2) is 53.1 Å². The highest BCUT2D eigenvalue weighted by Gasteiger charge is 2.30. The zero-order valence-electron chi connectivity index (χ0n) is 15.7. The van der Waals surface area contributed by atoms with Crippen molar-refractivity contribution >= 4 is 16.9 Å². The number of ether oxygens (including phenoxy) is 2. The van der Waals surface area contributed by atoms with Gasteiger partial charge < -0.3 is 14.4 Å². The summed E-state index contributed by atoms with van der Waals surface area (Å²) in [6.07, 6.45) is 0.892. The third-order valence-electron chi connectivity index (χ3n) is 5.21. The molecule has 0 N–H and O–H groups in total. The predicted molar refractivity (Wildman–Crippen MR) is 101 cm³/mol. The van der Waals surface area contributed by atoms with Crippen molar-refractivity contribution in [2.24, 2.45) is 7.05 Å². The summed E-state index contributed by atoms with van der Waals surface area (Å²) in [5.74, 6) is 1.87. The molecule has 0 aliphatic carbocycles. The summed E-state index contributed by atoms with van der Waals surface area (Å²) in [4.78, 5) is 14.9. The van der Waals surface area contributed by atoms with Crippen LogP contribution in [0.5, 0.6) is 11.5 Å². The van der Waals surface area contributed by atoms with Crippen LogP contribution in [0.1, 0.15) is 28.3 Å². The molecule has 7 nitrogen and oxygen atoms in total. The number of aryl methyl sites for hydroxylation is 1. The van der Waals surface area contributed by atoms with Crippen LogP contribution in [0.4, 0.5) is 0 Å². The van der Waals surface area contributed by atoms with Crippen molar-refractivity contribution in [3.8, 4) is 11.5 Å². The van der Waals surface area contributed by atoms with E-state index >= 15 is 0 Å². The number of carbonyl (C=O) groups is 1. The summed E-state index contributed by atoms with van der Waals surface area (Å²) in [6.45, 7) is 1.36. The maximum atomic E-state index is 13.0. The molecule has 0 unspecified atom stereocenters. The second kappa shape index (κ2) is 6.90. The summed E-state index contributed by atoms with van der Waals surface area (Å²) >= 11 is 0. The molecule has 2 heterocycles. The van der Waals surface area contributed by atoms with E-state index in [4.69, 9.17) is 9.47 Å². The van der Waals surface area contributed by atoms with E-state index in [9.17, 15) is 4.79 Å². The van der Waals surface area contributed by atoms with E-state index in [1.54, 1.807) is 18.9 Å². The molecule has 1 amide bonds. The van der Waals surface area contributed by atoms with Crippen molar-refractivity contribution in [1.82, 2.24) is 19.9 Å². The Kier molecular flexibility index (Phi) is 4.43. The minimum absolute atomic E-state index is 0.0203. The molecule has 1 fully saturated rings. The van der Waals surface area contributed by atoms with Crippen molar-refractivity contribution < 1.29 is 14.3 Å².